The molecule has 29 heavy (non-hydrogen) atoms. The monoisotopic (exact) mass is 418 g/mol. The fourth-order valence-corrected chi connectivity index (χ4v) is 2.62. The van der Waals surface area contributed by atoms with Crippen molar-refractivity contribution in [3.63, 3.8) is 0 Å². The van der Waals surface area contributed by atoms with Crippen molar-refractivity contribution in [2.75, 3.05) is 19.8 Å². The summed E-state index contributed by atoms with van der Waals surface area (Å²) in [4.78, 5) is 46.0. The number of carbonyl (C=O) groups is 4. The molecule has 5 unspecified atom stereocenters. The maximum Gasteiger partial charge on any atom is 0.303 e. The Balaban J connectivity index is 3.22. The molecular weight excluding hydrogens is 392 g/mol. The Hall–Kier alpha value is -2.50. The maximum atomic E-state index is 11.6. The smallest absolute Gasteiger partial charge is 0.303 e. The van der Waals surface area contributed by atoms with Crippen molar-refractivity contribution in [3.05, 3.63) is 12.2 Å². The highest BCUT2D eigenvalue weighted by atomic mass is 16.7. The fourth-order valence-electron chi connectivity index (χ4n) is 2.62. The molecular formula is C18H26O11. The Morgan fingerprint density at radius 2 is 1.38 bits per heavy atom. The molecule has 0 radical (unpaired) electrons. The number of aliphatic hydroxyl groups excluding tert-OH is 1. The highest BCUT2D eigenvalue weighted by Crippen LogP contribution is 2.29. The zero-order chi connectivity index (χ0) is 22.0. The van der Waals surface area contributed by atoms with Gasteiger partial charge in [0.05, 0.1) is 13.2 Å². The summed E-state index contributed by atoms with van der Waals surface area (Å²) in [6, 6.07) is 0. The lowest BCUT2D eigenvalue weighted by atomic mass is 9.98. The van der Waals surface area contributed by atoms with Crippen LogP contribution in [0.2, 0.25) is 0 Å². The van der Waals surface area contributed by atoms with E-state index in [-0.39, 0.29) is 19.8 Å². The minimum absolute atomic E-state index is 0.0334. The molecule has 1 N–H and O–H groups in total. The average Bonchev–Trinajstić information content (AvgIpc) is 2.60. The van der Waals surface area contributed by atoms with E-state index in [0.717, 1.165) is 20.8 Å². The number of esters is 4. The van der Waals surface area contributed by atoms with E-state index in [2.05, 4.69) is 0 Å². The lowest BCUT2D eigenvalue weighted by molar-refractivity contribution is -0.306. The van der Waals surface area contributed by atoms with Crippen LogP contribution in [0.5, 0.6) is 0 Å². The van der Waals surface area contributed by atoms with Gasteiger partial charge < -0.3 is 33.5 Å². The summed E-state index contributed by atoms with van der Waals surface area (Å²) < 4.78 is 31.9. The summed E-state index contributed by atoms with van der Waals surface area (Å²) in [5.41, 5.74) is 0. The minimum atomic E-state index is -1.28. The van der Waals surface area contributed by atoms with Gasteiger partial charge in [-0.25, -0.2) is 0 Å². The van der Waals surface area contributed by atoms with E-state index in [1.165, 1.54) is 19.1 Å². The van der Waals surface area contributed by atoms with Gasteiger partial charge in [-0.05, 0) is 0 Å². The van der Waals surface area contributed by atoms with Gasteiger partial charge in [0.1, 0.15) is 12.7 Å². The van der Waals surface area contributed by atoms with Crippen LogP contribution in [0.15, 0.2) is 12.2 Å². The van der Waals surface area contributed by atoms with Crippen LogP contribution in [-0.2, 0) is 47.6 Å². The van der Waals surface area contributed by atoms with Crippen molar-refractivity contribution in [2.45, 2.75) is 58.4 Å². The molecule has 1 saturated heterocycles. The zero-order valence-electron chi connectivity index (χ0n) is 16.7. The van der Waals surface area contributed by atoms with Crippen LogP contribution in [0.25, 0.3) is 0 Å². The van der Waals surface area contributed by atoms with Gasteiger partial charge in [0.25, 0.3) is 0 Å². The second-order valence-corrected chi connectivity index (χ2v) is 6.05. The van der Waals surface area contributed by atoms with Gasteiger partial charge in [0.15, 0.2) is 24.6 Å². The van der Waals surface area contributed by atoms with Crippen molar-refractivity contribution in [1.82, 2.24) is 0 Å². The molecule has 0 aromatic rings. The standard InChI is InChI=1S/C18H26O11/c1-10(20)25-9-14-15(26-11(2)21)16(27-12(3)22)17(28-13(4)23)18(29-14)24-8-6-5-7-19/h5-6,14-19H,7-9H2,1-4H3/b6-5+. The molecule has 1 rings (SSSR count). The summed E-state index contributed by atoms with van der Waals surface area (Å²) in [5.74, 6) is -2.76. The number of hydrogen-bond acceptors (Lipinski definition) is 11. The second-order valence-electron chi connectivity index (χ2n) is 6.05. The van der Waals surface area contributed by atoms with E-state index in [1.54, 1.807) is 0 Å². The molecule has 0 aromatic heterocycles. The molecule has 1 aliphatic rings. The lowest BCUT2D eigenvalue weighted by Gasteiger charge is -2.43. The SMILES string of the molecule is CC(=O)OCC1OC(OC/C=C/CO)C(OC(C)=O)C(OC(C)=O)C1OC(C)=O. The Morgan fingerprint density at radius 1 is 0.828 bits per heavy atom. The number of carbonyl (C=O) groups excluding carboxylic acids is 4. The minimum Gasteiger partial charge on any atom is -0.463 e. The lowest BCUT2D eigenvalue weighted by Crippen LogP contribution is -2.62. The molecule has 0 saturated carbocycles. The summed E-state index contributed by atoms with van der Waals surface area (Å²) in [7, 11) is 0. The van der Waals surface area contributed by atoms with Crippen molar-refractivity contribution in [2.24, 2.45) is 0 Å². The molecule has 11 nitrogen and oxygen atoms in total. The van der Waals surface area contributed by atoms with Crippen LogP contribution in [0.4, 0.5) is 0 Å². The molecule has 0 amide bonds. The number of ether oxygens (including phenoxy) is 6. The second kappa shape index (κ2) is 12.1. The predicted molar refractivity (Wildman–Crippen MR) is 94.1 cm³/mol. The molecule has 164 valence electrons. The molecule has 5 atom stereocenters. The van der Waals surface area contributed by atoms with E-state index >= 15 is 0 Å². The first-order valence-corrected chi connectivity index (χ1v) is 8.83. The molecule has 0 aliphatic carbocycles. The molecule has 0 bridgehead atoms. The predicted octanol–water partition coefficient (Wildman–Crippen LogP) is -0.365. The van der Waals surface area contributed by atoms with E-state index < -0.39 is 54.6 Å². The maximum absolute atomic E-state index is 11.6. The summed E-state index contributed by atoms with van der Waals surface area (Å²) >= 11 is 0. The summed E-state index contributed by atoms with van der Waals surface area (Å²) in [6.07, 6.45) is -3.16. The Kier molecular flexibility index (Phi) is 10.3. The van der Waals surface area contributed by atoms with Crippen LogP contribution in [0, 0.1) is 0 Å². The van der Waals surface area contributed by atoms with Gasteiger partial charge >= 0.3 is 23.9 Å². The van der Waals surface area contributed by atoms with Gasteiger partial charge in [-0.2, -0.15) is 0 Å². The topological polar surface area (TPSA) is 144 Å². The third kappa shape index (κ3) is 8.59. The first-order valence-electron chi connectivity index (χ1n) is 8.83. The van der Waals surface area contributed by atoms with Gasteiger partial charge in [0, 0.05) is 27.7 Å². The van der Waals surface area contributed by atoms with Gasteiger partial charge in [-0.15, -0.1) is 0 Å². The van der Waals surface area contributed by atoms with E-state index in [4.69, 9.17) is 33.5 Å². The number of aliphatic hydroxyl groups is 1. The molecule has 0 spiro atoms. The molecule has 1 heterocycles. The Labute approximate surface area is 167 Å². The van der Waals surface area contributed by atoms with Crippen molar-refractivity contribution < 1.29 is 52.7 Å². The first kappa shape index (κ1) is 24.5. The number of rotatable bonds is 9. The van der Waals surface area contributed by atoms with Gasteiger partial charge in [-0.1, -0.05) is 12.2 Å². The zero-order valence-corrected chi connectivity index (χ0v) is 16.7. The third-order valence-electron chi connectivity index (χ3n) is 3.58. The molecule has 1 fully saturated rings. The first-order chi connectivity index (χ1) is 13.6. The molecule has 11 heteroatoms. The highest BCUT2D eigenvalue weighted by molar-refractivity contribution is 5.68. The Morgan fingerprint density at radius 3 is 1.90 bits per heavy atom. The molecule has 1 aliphatic heterocycles. The van der Waals surface area contributed by atoms with Crippen LogP contribution in [0.1, 0.15) is 27.7 Å². The fraction of sp³-hybridized carbons (Fsp3) is 0.667. The van der Waals surface area contributed by atoms with Crippen LogP contribution >= 0.6 is 0 Å². The van der Waals surface area contributed by atoms with Crippen LogP contribution < -0.4 is 0 Å². The van der Waals surface area contributed by atoms with E-state index in [1.807, 2.05) is 0 Å². The normalized spacial score (nSPS) is 26.6. The third-order valence-corrected chi connectivity index (χ3v) is 3.58. The van der Waals surface area contributed by atoms with Gasteiger partial charge in [0.2, 0.25) is 0 Å². The largest absolute Gasteiger partial charge is 0.463 e. The number of hydrogen-bond donors (Lipinski definition) is 1. The van der Waals surface area contributed by atoms with Crippen molar-refractivity contribution in [3.8, 4) is 0 Å². The van der Waals surface area contributed by atoms with Crippen LogP contribution in [0.3, 0.4) is 0 Å². The average molecular weight is 418 g/mol. The van der Waals surface area contributed by atoms with Crippen molar-refractivity contribution >= 4 is 23.9 Å². The summed E-state index contributed by atoms with van der Waals surface area (Å²) in [5, 5.41) is 8.80. The van der Waals surface area contributed by atoms with E-state index in [9.17, 15) is 19.2 Å². The van der Waals surface area contributed by atoms with Gasteiger partial charge in [-0.3, -0.25) is 19.2 Å². The summed E-state index contributed by atoms with van der Waals surface area (Å²) in [6.45, 7) is 4.02. The van der Waals surface area contributed by atoms with E-state index in [0.29, 0.717) is 0 Å². The molecule has 0 aromatic carbocycles. The highest BCUT2D eigenvalue weighted by Gasteiger charge is 2.52. The quantitative estimate of drug-likeness (QED) is 0.297. The van der Waals surface area contributed by atoms with Crippen LogP contribution in [-0.4, -0.2) is 79.5 Å². The Bertz CT molecular complexity index is 615. The van der Waals surface area contributed by atoms with Crippen molar-refractivity contribution in [1.29, 1.82) is 0 Å².